The van der Waals surface area contributed by atoms with Crippen molar-refractivity contribution < 1.29 is 0 Å². The minimum atomic E-state index is 0.0443. The van der Waals surface area contributed by atoms with Crippen LogP contribution in [0.15, 0.2) is 10.9 Å². The van der Waals surface area contributed by atoms with Crippen molar-refractivity contribution in [1.82, 2.24) is 19.1 Å². The van der Waals surface area contributed by atoms with E-state index in [4.69, 9.17) is 4.98 Å². The van der Waals surface area contributed by atoms with E-state index in [9.17, 15) is 4.79 Å². The molecule has 132 valence electrons. The fourth-order valence-corrected chi connectivity index (χ4v) is 5.37. The summed E-state index contributed by atoms with van der Waals surface area (Å²) >= 11 is 3.40. The Kier molecular flexibility index (Phi) is 4.04. The van der Waals surface area contributed by atoms with Crippen LogP contribution in [0.3, 0.4) is 0 Å². The minimum absolute atomic E-state index is 0.0443. The highest BCUT2D eigenvalue weighted by atomic mass is 32.2. The molecule has 2 fully saturated rings. The largest absolute Gasteiger partial charge is 0.346 e. The average Bonchev–Trinajstić information content (AvgIpc) is 2.97. The van der Waals surface area contributed by atoms with Crippen LogP contribution in [0.4, 0.5) is 5.13 Å². The Morgan fingerprint density at radius 3 is 2.96 bits per heavy atom. The highest BCUT2D eigenvalue weighted by molar-refractivity contribution is 7.98. The third kappa shape index (κ3) is 2.99. The Bertz CT molecular complexity index is 838. The Morgan fingerprint density at radius 2 is 2.16 bits per heavy atom. The molecule has 0 atom stereocenters. The van der Waals surface area contributed by atoms with Crippen LogP contribution < -0.4 is 10.5 Å². The number of hydrogen-bond donors (Lipinski definition) is 0. The van der Waals surface area contributed by atoms with Gasteiger partial charge in [0.25, 0.3) is 5.56 Å². The molecule has 2 aromatic heterocycles. The lowest BCUT2D eigenvalue weighted by Gasteiger charge is -2.38. The lowest BCUT2D eigenvalue weighted by Crippen LogP contribution is -2.49. The van der Waals surface area contributed by atoms with Gasteiger partial charge in [0.15, 0.2) is 0 Å². The first kappa shape index (κ1) is 15.8. The molecule has 1 saturated carbocycles. The molecule has 1 aliphatic carbocycles. The van der Waals surface area contributed by atoms with Crippen molar-refractivity contribution in [3.05, 3.63) is 33.5 Å². The zero-order chi connectivity index (χ0) is 16.8. The van der Waals surface area contributed by atoms with E-state index in [0.717, 1.165) is 53.2 Å². The molecule has 5 rings (SSSR count). The maximum Gasteiger partial charge on any atom is 0.267 e. The van der Waals surface area contributed by atoms with Crippen LogP contribution >= 0.6 is 23.3 Å². The Labute approximate surface area is 154 Å². The van der Waals surface area contributed by atoms with Crippen molar-refractivity contribution in [2.75, 3.05) is 23.7 Å². The average molecular weight is 376 g/mol. The standard InChI is InChI=1S/C17H21N5OS2/c23-15-6-13-10-24-5-4-14(13)19-22(15)9-11-7-21(8-11)17-18-16(20-25-17)12-2-1-3-12/h6,11-12H,1-5,7-10H2. The van der Waals surface area contributed by atoms with Crippen molar-refractivity contribution in [2.24, 2.45) is 5.92 Å². The zero-order valence-corrected chi connectivity index (χ0v) is 15.7. The minimum Gasteiger partial charge on any atom is -0.346 e. The third-order valence-electron chi connectivity index (χ3n) is 5.47. The summed E-state index contributed by atoms with van der Waals surface area (Å²) in [5.41, 5.74) is 2.29. The van der Waals surface area contributed by atoms with Gasteiger partial charge in [0.05, 0.1) is 12.2 Å². The number of anilines is 1. The van der Waals surface area contributed by atoms with Crippen molar-refractivity contribution >= 4 is 28.4 Å². The lowest BCUT2D eigenvalue weighted by atomic mass is 9.85. The van der Waals surface area contributed by atoms with E-state index in [0.29, 0.717) is 18.4 Å². The van der Waals surface area contributed by atoms with E-state index in [-0.39, 0.29) is 5.56 Å². The Hall–Kier alpha value is -1.41. The number of thioether (sulfide) groups is 1. The van der Waals surface area contributed by atoms with E-state index >= 15 is 0 Å². The van der Waals surface area contributed by atoms with Gasteiger partial charge >= 0.3 is 0 Å². The monoisotopic (exact) mass is 375 g/mol. The molecule has 2 aliphatic heterocycles. The second-order valence-corrected chi connectivity index (χ2v) is 9.11. The summed E-state index contributed by atoms with van der Waals surface area (Å²) < 4.78 is 6.21. The van der Waals surface area contributed by atoms with Crippen molar-refractivity contribution in [1.29, 1.82) is 0 Å². The summed E-state index contributed by atoms with van der Waals surface area (Å²) in [6.07, 6.45) is 4.77. The van der Waals surface area contributed by atoms with Gasteiger partial charge in [-0.25, -0.2) is 9.67 Å². The Morgan fingerprint density at radius 1 is 1.28 bits per heavy atom. The van der Waals surface area contributed by atoms with Crippen LogP contribution in [0.25, 0.3) is 0 Å². The van der Waals surface area contributed by atoms with Gasteiger partial charge in [0, 0.05) is 54.7 Å². The van der Waals surface area contributed by atoms with Crippen molar-refractivity contribution in [3.8, 4) is 0 Å². The first-order valence-electron chi connectivity index (χ1n) is 9.02. The number of fused-ring (bicyclic) bond motifs is 1. The van der Waals surface area contributed by atoms with Gasteiger partial charge < -0.3 is 4.90 Å². The summed E-state index contributed by atoms with van der Waals surface area (Å²) in [6.45, 7) is 2.60. The molecule has 0 unspecified atom stereocenters. The van der Waals surface area contributed by atoms with Crippen LogP contribution in [-0.2, 0) is 18.7 Å². The van der Waals surface area contributed by atoms with Crippen LogP contribution in [0, 0.1) is 5.92 Å². The quantitative estimate of drug-likeness (QED) is 0.817. The predicted molar refractivity (Wildman–Crippen MR) is 101 cm³/mol. The van der Waals surface area contributed by atoms with Gasteiger partial charge in [-0.15, -0.1) is 0 Å². The van der Waals surface area contributed by atoms with E-state index in [1.54, 1.807) is 10.7 Å². The number of aromatic nitrogens is 4. The highest BCUT2D eigenvalue weighted by Crippen LogP contribution is 2.37. The van der Waals surface area contributed by atoms with Crippen LogP contribution in [0.2, 0.25) is 0 Å². The molecule has 0 radical (unpaired) electrons. The second-order valence-electron chi connectivity index (χ2n) is 7.27. The normalized spacial score (nSPS) is 20.9. The summed E-state index contributed by atoms with van der Waals surface area (Å²) in [6, 6.07) is 1.79. The number of aryl methyl sites for hydroxylation is 1. The molecule has 1 saturated heterocycles. The molecule has 0 bridgehead atoms. The highest BCUT2D eigenvalue weighted by Gasteiger charge is 2.32. The van der Waals surface area contributed by atoms with Crippen LogP contribution in [0.1, 0.15) is 42.3 Å². The molecular formula is C17H21N5OS2. The molecular weight excluding hydrogens is 354 g/mol. The summed E-state index contributed by atoms with van der Waals surface area (Å²) in [5, 5.41) is 5.67. The molecule has 2 aromatic rings. The SMILES string of the molecule is O=c1cc2c(nn1CC1CN(c3nc(C4CCC4)ns3)C1)CCSC2. The van der Waals surface area contributed by atoms with Crippen LogP contribution in [-0.4, -0.2) is 38.0 Å². The summed E-state index contributed by atoms with van der Waals surface area (Å²) in [5.74, 6) is 4.14. The predicted octanol–water partition coefficient (Wildman–Crippen LogP) is 2.29. The van der Waals surface area contributed by atoms with Crippen molar-refractivity contribution in [3.63, 3.8) is 0 Å². The fraction of sp³-hybridized carbons (Fsp3) is 0.647. The summed E-state index contributed by atoms with van der Waals surface area (Å²) in [4.78, 5) is 19.3. The Balaban J connectivity index is 1.22. The topological polar surface area (TPSA) is 63.9 Å². The zero-order valence-electron chi connectivity index (χ0n) is 14.1. The number of nitrogens with zero attached hydrogens (tertiary/aromatic N) is 5. The molecule has 0 spiro atoms. The van der Waals surface area contributed by atoms with E-state index in [2.05, 4.69) is 14.4 Å². The molecule has 8 heteroatoms. The maximum atomic E-state index is 12.3. The van der Waals surface area contributed by atoms with Gasteiger partial charge in [-0.05, 0) is 24.2 Å². The van der Waals surface area contributed by atoms with Crippen molar-refractivity contribution in [2.45, 2.75) is 43.9 Å². The van der Waals surface area contributed by atoms with Gasteiger partial charge in [-0.1, -0.05) is 6.42 Å². The third-order valence-corrected chi connectivity index (χ3v) is 7.26. The molecule has 3 aliphatic rings. The van der Waals surface area contributed by atoms with Gasteiger partial charge in [0.2, 0.25) is 5.13 Å². The fourth-order valence-electron chi connectivity index (χ4n) is 3.66. The first-order valence-corrected chi connectivity index (χ1v) is 11.0. The second kappa shape index (κ2) is 6.39. The molecule has 25 heavy (non-hydrogen) atoms. The molecule has 4 heterocycles. The molecule has 0 amide bonds. The van der Waals surface area contributed by atoms with Gasteiger partial charge in [-0.3, -0.25) is 4.79 Å². The number of hydrogen-bond acceptors (Lipinski definition) is 7. The first-order chi connectivity index (χ1) is 12.3. The van der Waals surface area contributed by atoms with E-state index in [1.807, 2.05) is 11.8 Å². The summed E-state index contributed by atoms with van der Waals surface area (Å²) in [7, 11) is 0. The molecule has 0 aromatic carbocycles. The van der Waals surface area contributed by atoms with Gasteiger partial charge in [0.1, 0.15) is 5.82 Å². The van der Waals surface area contributed by atoms with Crippen LogP contribution in [0.5, 0.6) is 0 Å². The smallest absolute Gasteiger partial charge is 0.267 e. The molecule has 0 N–H and O–H groups in total. The molecule has 6 nitrogen and oxygen atoms in total. The van der Waals surface area contributed by atoms with Gasteiger partial charge in [-0.2, -0.15) is 21.2 Å². The van der Waals surface area contributed by atoms with E-state index < -0.39 is 0 Å². The lowest BCUT2D eigenvalue weighted by molar-refractivity contribution is 0.332. The maximum absolute atomic E-state index is 12.3. The van der Waals surface area contributed by atoms with E-state index in [1.165, 1.54) is 30.8 Å². The number of rotatable bonds is 4.